The molecule has 2 rings (SSSR count). The molecule has 0 heterocycles. The van der Waals surface area contributed by atoms with Gasteiger partial charge in [-0.05, 0) is 55.0 Å². The van der Waals surface area contributed by atoms with Crippen molar-refractivity contribution in [2.45, 2.75) is 13.3 Å². The molecule has 0 atom stereocenters. The van der Waals surface area contributed by atoms with Crippen LogP contribution in [0.2, 0.25) is 10.0 Å². The van der Waals surface area contributed by atoms with Crippen LogP contribution in [0.15, 0.2) is 48.5 Å². The second kappa shape index (κ2) is 8.19. The molecule has 0 amide bonds. The molecule has 0 saturated heterocycles. The predicted octanol–water partition coefficient (Wildman–Crippen LogP) is 6.10. The summed E-state index contributed by atoms with van der Waals surface area (Å²) in [6.07, 6.45) is 0.812. The van der Waals surface area contributed by atoms with Crippen LogP contribution in [0, 0.1) is 0 Å². The van der Waals surface area contributed by atoms with Crippen molar-refractivity contribution in [1.29, 1.82) is 0 Å². The SMILES string of the molecule is CCCOP(=S)(Oc1ccc(Cl)cc1)Oc1ccc(Cl)cc1. The number of rotatable bonds is 7. The van der Waals surface area contributed by atoms with Gasteiger partial charge in [0, 0.05) is 21.9 Å². The first-order valence-electron chi connectivity index (χ1n) is 6.66. The van der Waals surface area contributed by atoms with Crippen LogP contribution in [0.5, 0.6) is 11.5 Å². The van der Waals surface area contributed by atoms with Crippen molar-refractivity contribution in [2.24, 2.45) is 0 Å². The first-order chi connectivity index (χ1) is 10.5. The molecule has 0 unspecified atom stereocenters. The third-order valence-corrected chi connectivity index (χ3v) is 5.15. The summed E-state index contributed by atoms with van der Waals surface area (Å²) in [5, 5.41) is 1.24. The molecular weight excluding hydrogens is 362 g/mol. The lowest BCUT2D eigenvalue weighted by Crippen LogP contribution is -2.05. The molecule has 3 nitrogen and oxygen atoms in total. The Balaban J connectivity index is 2.17. The Bertz CT molecular complexity index is 595. The van der Waals surface area contributed by atoms with Gasteiger partial charge < -0.3 is 9.05 Å². The summed E-state index contributed by atoms with van der Waals surface area (Å²) in [5.74, 6) is 1.11. The zero-order chi connectivity index (χ0) is 16.0. The summed E-state index contributed by atoms with van der Waals surface area (Å²) < 4.78 is 17.2. The highest BCUT2D eigenvalue weighted by atomic mass is 35.5. The van der Waals surface area contributed by atoms with Gasteiger partial charge in [-0.2, -0.15) is 0 Å². The van der Waals surface area contributed by atoms with E-state index in [-0.39, 0.29) is 0 Å². The molecule has 2 aromatic rings. The van der Waals surface area contributed by atoms with Crippen LogP contribution in [-0.2, 0) is 16.3 Å². The molecule has 2 aromatic carbocycles. The largest absolute Gasteiger partial charge is 0.434 e. The van der Waals surface area contributed by atoms with E-state index in [1.54, 1.807) is 48.5 Å². The lowest BCUT2D eigenvalue weighted by atomic mass is 10.3. The summed E-state index contributed by atoms with van der Waals surface area (Å²) in [7, 11) is 0. The minimum absolute atomic E-state index is 0.457. The Labute approximate surface area is 145 Å². The van der Waals surface area contributed by atoms with Crippen molar-refractivity contribution in [2.75, 3.05) is 6.61 Å². The Morgan fingerprint density at radius 1 is 0.864 bits per heavy atom. The van der Waals surface area contributed by atoms with E-state index < -0.39 is 6.72 Å². The lowest BCUT2D eigenvalue weighted by molar-refractivity contribution is 0.262. The molecule has 0 radical (unpaired) electrons. The molecule has 0 aliphatic heterocycles. The van der Waals surface area contributed by atoms with E-state index in [1.807, 2.05) is 6.92 Å². The van der Waals surface area contributed by atoms with Gasteiger partial charge >= 0.3 is 6.72 Å². The fourth-order valence-electron chi connectivity index (χ4n) is 1.52. The summed E-state index contributed by atoms with van der Waals surface area (Å²) in [5.41, 5.74) is 0. The minimum atomic E-state index is -2.96. The van der Waals surface area contributed by atoms with Gasteiger partial charge in [-0.3, -0.25) is 4.52 Å². The maximum absolute atomic E-state index is 5.86. The van der Waals surface area contributed by atoms with E-state index >= 15 is 0 Å². The minimum Gasteiger partial charge on any atom is -0.416 e. The maximum atomic E-state index is 5.86. The van der Waals surface area contributed by atoms with Gasteiger partial charge in [-0.1, -0.05) is 30.1 Å². The average molecular weight is 377 g/mol. The van der Waals surface area contributed by atoms with E-state index in [1.165, 1.54) is 0 Å². The number of hydrogen-bond acceptors (Lipinski definition) is 4. The van der Waals surface area contributed by atoms with Crippen molar-refractivity contribution in [3.8, 4) is 11.5 Å². The number of benzene rings is 2. The second-order valence-electron chi connectivity index (χ2n) is 4.37. The Morgan fingerprint density at radius 2 is 1.27 bits per heavy atom. The third kappa shape index (κ3) is 5.45. The molecule has 0 N–H and O–H groups in total. The molecule has 0 fully saturated rings. The Hall–Kier alpha value is -0.770. The molecule has 0 saturated carbocycles. The monoisotopic (exact) mass is 376 g/mol. The standard InChI is InChI=1S/C15H15Cl2O3PS/c1-2-11-18-21(22,19-14-7-3-12(16)4-8-14)20-15-9-5-13(17)6-10-15/h3-10H,2,11H2,1H3. The molecule has 22 heavy (non-hydrogen) atoms. The van der Waals surface area contributed by atoms with Gasteiger partial charge in [0.15, 0.2) is 0 Å². The highest BCUT2D eigenvalue weighted by Gasteiger charge is 2.24. The smallest absolute Gasteiger partial charge is 0.416 e. The average Bonchev–Trinajstić information content (AvgIpc) is 2.50. The molecule has 0 aliphatic carbocycles. The molecule has 0 bridgehead atoms. The lowest BCUT2D eigenvalue weighted by Gasteiger charge is -2.22. The third-order valence-electron chi connectivity index (χ3n) is 2.52. The zero-order valence-corrected chi connectivity index (χ0v) is 15.1. The Morgan fingerprint density at radius 3 is 1.64 bits per heavy atom. The maximum Gasteiger partial charge on any atom is 0.434 e. The van der Waals surface area contributed by atoms with Gasteiger partial charge in [0.05, 0.1) is 6.61 Å². The first kappa shape index (κ1) is 17.6. The van der Waals surface area contributed by atoms with Crippen LogP contribution < -0.4 is 9.05 Å². The van der Waals surface area contributed by atoms with Crippen LogP contribution in [-0.4, -0.2) is 6.61 Å². The predicted molar refractivity (Wildman–Crippen MR) is 94.7 cm³/mol. The fourth-order valence-corrected chi connectivity index (χ4v) is 3.82. The van der Waals surface area contributed by atoms with Crippen molar-refractivity contribution in [1.82, 2.24) is 0 Å². The zero-order valence-electron chi connectivity index (χ0n) is 11.9. The van der Waals surface area contributed by atoms with E-state index in [2.05, 4.69) is 0 Å². The van der Waals surface area contributed by atoms with Crippen molar-refractivity contribution >= 4 is 41.7 Å². The van der Waals surface area contributed by atoms with Gasteiger partial charge in [-0.25, -0.2) is 0 Å². The van der Waals surface area contributed by atoms with Crippen molar-refractivity contribution in [3.05, 3.63) is 58.6 Å². The molecule has 118 valence electrons. The highest BCUT2D eigenvalue weighted by Crippen LogP contribution is 2.50. The normalized spacial score (nSPS) is 11.2. The van der Waals surface area contributed by atoms with Gasteiger partial charge in [0.2, 0.25) is 0 Å². The van der Waals surface area contributed by atoms with Crippen LogP contribution in [0.4, 0.5) is 0 Å². The quantitative estimate of drug-likeness (QED) is 0.545. The first-order valence-corrected chi connectivity index (χ1v) is 9.97. The molecule has 0 spiro atoms. The van der Waals surface area contributed by atoms with Crippen molar-refractivity contribution < 1.29 is 13.6 Å². The molecule has 7 heteroatoms. The Kier molecular flexibility index (Phi) is 6.54. The fraction of sp³-hybridized carbons (Fsp3) is 0.200. The van der Waals surface area contributed by atoms with Crippen LogP contribution in [0.1, 0.15) is 13.3 Å². The van der Waals surface area contributed by atoms with E-state index in [9.17, 15) is 0 Å². The summed E-state index contributed by atoms with van der Waals surface area (Å²) in [4.78, 5) is 0. The van der Waals surface area contributed by atoms with Crippen LogP contribution >= 0.6 is 29.9 Å². The number of hydrogen-bond donors (Lipinski definition) is 0. The second-order valence-corrected chi connectivity index (χ2v) is 8.10. The summed E-state index contributed by atoms with van der Waals surface area (Å²) >= 11 is 17.2. The molecule has 0 aliphatic rings. The summed E-state index contributed by atoms with van der Waals surface area (Å²) in [6.45, 7) is -0.516. The van der Waals surface area contributed by atoms with Crippen LogP contribution in [0.3, 0.4) is 0 Å². The van der Waals surface area contributed by atoms with E-state index in [0.717, 1.165) is 6.42 Å². The van der Waals surface area contributed by atoms with Crippen LogP contribution in [0.25, 0.3) is 0 Å². The topological polar surface area (TPSA) is 27.7 Å². The van der Waals surface area contributed by atoms with E-state index in [4.69, 9.17) is 48.6 Å². The summed E-state index contributed by atoms with van der Waals surface area (Å²) in [6, 6.07) is 13.8. The molecule has 0 aromatic heterocycles. The van der Waals surface area contributed by atoms with E-state index in [0.29, 0.717) is 28.2 Å². The van der Waals surface area contributed by atoms with Crippen molar-refractivity contribution in [3.63, 3.8) is 0 Å². The molecular formula is C15H15Cl2O3PS. The highest BCUT2D eigenvalue weighted by molar-refractivity contribution is 8.07. The van der Waals surface area contributed by atoms with Gasteiger partial charge in [0.1, 0.15) is 11.5 Å². The van der Waals surface area contributed by atoms with Gasteiger partial charge in [-0.15, -0.1) is 0 Å². The van der Waals surface area contributed by atoms with Gasteiger partial charge in [0.25, 0.3) is 0 Å². The number of halogens is 2.